The lowest BCUT2D eigenvalue weighted by Crippen LogP contribution is -2.35. The number of benzene rings is 3. The Morgan fingerprint density at radius 2 is 1.64 bits per heavy atom. The molecule has 0 spiro atoms. The van der Waals surface area contributed by atoms with Crippen LogP contribution in [0.1, 0.15) is 23.1 Å². The van der Waals surface area contributed by atoms with E-state index >= 15 is 0 Å². The number of aryl methyl sites for hydroxylation is 3. The molecular weight excluding hydrogens is 487 g/mol. The van der Waals surface area contributed by atoms with E-state index in [4.69, 9.17) is 11.6 Å². The summed E-state index contributed by atoms with van der Waals surface area (Å²) in [7, 11) is -7.89. The maximum Gasteiger partial charge on any atom is 0.264 e. The molecule has 4 rings (SSSR count). The van der Waals surface area contributed by atoms with Crippen molar-refractivity contribution in [2.45, 2.75) is 36.5 Å². The van der Waals surface area contributed by atoms with Gasteiger partial charge in [0.2, 0.25) is 0 Å². The zero-order chi connectivity index (χ0) is 24.0. The van der Waals surface area contributed by atoms with E-state index in [1.165, 1.54) is 28.6 Å². The number of hydrogen-bond donors (Lipinski definition) is 1. The van der Waals surface area contributed by atoms with Crippen molar-refractivity contribution < 1.29 is 21.2 Å². The summed E-state index contributed by atoms with van der Waals surface area (Å²) in [5.74, 6) is -0.530. The second-order valence-electron chi connectivity index (χ2n) is 7.95. The predicted molar refractivity (Wildman–Crippen MR) is 127 cm³/mol. The summed E-state index contributed by atoms with van der Waals surface area (Å²) >= 11 is 6.10. The Hall–Kier alpha value is -2.62. The number of hydrogen-bond acceptors (Lipinski definition) is 4. The zero-order valence-corrected chi connectivity index (χ0v) is 20.4. The molecule has 10 heteroatoms. The highest BCUT2D eigenvalue weighted by atomic mass is 35.5. The standard InChI is InChI=1S/C23H22ClFN2O4S2/c1-15-13-23(16(2)12-21(15)24)32(28,29)26-19-8-5-17-4-3-11-27(22(17)14-19)33(30,31)20-9-6-18(25)7-10-20/h5-10,12-14,26H,3-4,11H2,1-2H3. The third-order valence-electron chi connectivity index (χ3n) is 5.56. The van der Waals surface area contributed by atoms with Crippen LogP contribution in [0.3, 0.4) is 0 Å². The van der Waals surface area contributed by atoms with Gasteiger partial charge in [0.1, 0.15) is 5.82 Å². The lowest BCUT2D eigenvalue weighted by Gasteiger charge is -2.31. The summed E-state index contributed by atoms with van der Waals surface area (Å²) in [6.45, 7) is 3.61. The first kappa shape index (κ1) is 23.5. The second-order valence-corrected chi connectivity index (χ2v) is 11.9. The molecule has 3 aromatic carbocycles. The normalized spacial score (nSPS) is 14.1. The van der Waals surface area contributed by atoms with Gasteiger partial charge in [0.15, 0.2) is 0 Å². The van der Waals surface area contributed by atoms with Crippen LogP contribution in [0, 0.1) is 19.7 Å². The van der Waals surface area contributed by atoms with Crippen molar-refractivity contribution in [3.8, 4) is 0 Å². The summed E-state index contributed by atoms with van der Waals surface area (Å²) in [4.78, 5) is 0.0629. The second kappa shape index (κ2) is 8.62. The van der Waals surface area contributed by atoms with Gasteiger partial charge in [0.05, 0.1) is 21.2 Å². The smallest absolute Gasteiger partial charge is 0.264 e. The molecule has 0 radical (unpaired) electrons. The van der Waals surface area contributed by atoms with Crippen LogP contribution in [0.25, 0.3) is 0 Å². The zero-order valence-electron chi connectivity index (χ0n) is 18.0. The van der Waals surface area contributed by atoms with Crippen LogP contribution in [0.2, 0.25) is 5.02 Å². The summed E-state index contributed by atoms with van der Waals surface area (Å²) in [5.41, 5.74) is 2.55. The number of sulfonamides is 2. The van der Waals surface area contributed by atoms with Gasteiger partial charge < -0.3 is 0 Å². The van der Waals surface area contributed by atoms with Gasteiger partial charge in [-0.2, -0.15) is 0 Å². The summed E-state index contributed by atoms with van der Waals surface area (Å²) < 4.78 is 69.7. The van der Waals surface area contributed by atoms with Gasteiger partial charge in [0.25, 0.3) is 20.0 Å². The fourth-order valence-electron chi connectivity index (χ4n) is 3.84. The minimum absolute atomic E-state index is 0.0324. The number of rotatable bonds is 5. The van der Waals surface area contributed by atoms with Crippen LogP contribution < -0.4 is 9.03 Å². The molecule has 0 atom stereocenters. The molecule has 0 aliphatic carbocycles. The monoisotopic (exact) mass is 508 g/mol. The average molecular weight is 509 g/mol. The topological polar surface area (TPSA) is 83.6 Å². The van der Waals surface area contributed by atoms with Crippen LogP contribution in [-0.2, 0) is 26.5 Å². The van der Waals surface area contributed by atoms with Crippen LogP contribution in [0.5, 0.6) is 0 Å². The van der Waals surface area contributed by atoms with Gasteiger partial charge in [-0.15, -0.1) is 0 Å². The molecule has 6 nitrogen and oxygen atoms in total. The van der Waals surface area contributed by atoms with E-state index < -0.39 is 25.9 Å². The minimum atomic E-state index is -3.95. The van der Waals surface area contributed by atoms with E-state index in [9.17, 15) is 21.2 Å². The number of anilines is 2. The maximum absolute atomic E-state index is 13.3. The van der Waals surface area contributed by atoms with Gasteiger partial charge in [0, 0.05) is 11.6 Å². The molecule has 1 aliphatic rings. The largest absolute Gasteiger partial charge is 0.280 e. The first-order valence-electron chi connectivity index (χ1n) is 10.2. The van der Waals surface area contributed by atoms with Crippen LogP contribution in [-0.4, -0.2) is 23.4 Å². The van der Waals surface area contributed by atoms with Crippen molar-refractivity contribution in [2.75, 3.05) is 15.6 Å². The van der Waals surface area contributed by atoms with Gasteiger partial charge in [-0.05, 0) is 91.9 Å². The fraction of sp³-hybridized carbons (Fsp3) is 0.217. The molecular formula is C23H22ClFN2O4S2. The highest BCUT2D eigenvalue weighted by molar-refractivity contribution is 7.93. The number of nitrogens with zero attached hydrogens (tertiary/aromatic N) is 1. The van der Waals surface area contributed by atoms with E-state index in [1.807, 2.05) is 0 Å². The Labute approximate surface area is 198 Å². The Morgan fingerprint density at radius 3 is 2.33 bits per heavy atom. The Bertz CT molecular complexity index is 1440. The molecule has 1 N–H and O–H groups in total. The molecule has 0 bridgehead atoms. The van der Waals surface area contributed by atoms with Crippen LogP contribution >= 0.6 is 11.6 Å². The third kappa shape index (κ3) is 4.58. The lowest BCUT2D eigenvalue weighted by atomic mass is 10.0. The average Bonchev–Trinajstić information content (AvgIpc) is 2.75. The van der Waals surface area contributed by atoms with Gasteiger partial charge >= 0.3 is 0 Å². The first-order valence-corrected chi connectivity index (χ1v) is 13.5. The Kier molecular flexibility index (Phi) is 6.15. The SMILES string of the molecule is Cc1cc(S(=O)(=O)Nc2ccc3c(c2)N(S(=O)(=O)c2ccc(F)cc2)CCC3)c(C)cc1Cl. The number of nitrogens with one attached hydrogen (secondary N) is 1. The molecule has 1 heterocycles. The molecule has 0 amide bonds. The van der Waals surface area contributed by atoms with Gasteiger partial charge in [-0.25, -0.2) is 21.2 Å². The molecule has 1 aliphatic heterocycles. The summed E-state index contributed by atoms with van der Waals surface area (Å²) in [5, 5.41) is 0.474. The van der Waals surface area contributed by atoms with Crippen molar-refractivity contribution in [3.05, 3.63) is 82.1 Å². The maximum atomic E-state index is 13.3. The summed E-state index contributed by atoms with van der Waals surface area (Å²) in [6, 6.07) is 12.6. The van der Waals surface area contributed by atoms with E-state index in [1.54, 1.807) is 32.0 Å². The van der Waals surface area contributed by atoms with Gasteiger partial charge in [-0.3, -0.25) is 9.03 Å². The van der Waals surface area contributed by atoms with Crippen molar-refractivity contribution in [1.29, 1.82) is 0 Å². The fourth-order valence-corrected chi connectivity index (χ4v) is 6.96. The van der Waals surface area contributed by atoms with Crippen LogP contribution in [0.15, 0.2) is 64.4 Å². The quantitative estimate of drug-likeness (QED) is 0.523. The molecule has 0 aromatic heterocycles. The molecule has 33 heavy (non-hydrogen) atoms. The summed E-state index contributed by atoms with van der Waals surface area (Å²) in [6.07, 6.45) is 1.27. The first-order chi connectivity index (χ1) is 15.5. The molecule has 3 aromatic rings. The van der Waals surface area contributed by atoms with Crippen molar-refractivity contribution in [2.24, 2.45) is 0 Å². The Morgan fingerprint density at radius 1 is 0.939 bits per heavy atom. The highest BCUT2D eigenvalue weighted by Gasteiger charge is 2.30. The van der Waals surface area contributed by atoms with E-state index in [0.717, 1.165) is 17.7 Å². The Balaban J connectivity index is 1.72. The highest BCUT2D eigenvalue weighted by Crippen LogP contribution is 2.35. The van der Waals surface area contributed by atoms with Gasteiger partial charge in [-0.1, -0.05) is 17.7 Å². The number of fused-ring (bicyclic) bond motifs is 1. The van der Waals surface area contributed by atoms with Crippen LogP contribution in [0.4, 0.5) is 15.8 Å². The van der Waals surface area contributed by atoms with E-state index in [0.29, 0.717) is 34.7 Å². The van der Waals surface area contributed by atoms with E-state index in [2.05, 4.69) is 4.72 Å². The predicted octanol–water partition coefficient (Wildman–Crippen LogP) is 5.04. The number of halogens is 2. The lowest BCUT2D eigenvalue weighted by molar-refractivity contribution is 0.585. The molecule has 0 fully saturated rings. The third-order valence-corrected chi connectivity index (χ3v) is 9.32. The van der Waals surface area contributed by atoms with Crippen molar-refractivity contribution in [3.63, 3.8) is 0 Å². The molecule has 0 saturated carbocycles. The molecule has 0 unspecified atom stereocenters. The molecule has 0 saturated heterocycles. The van der Waals surface area contributed by atoms with E-state index in [-0.39, 0.29) is 22.0 Å². The molecule has 174 valence electrons. The van der Waals surface area contributed by atoms with Crippen molar-refractivity contribution in [1.82, 2.24) is 0 Å². The van der Waals surface area contributed by atoms with Crippen molar-refractivity contribution >= 4 is 43.0 Å². The minimum Gasteiger partial charge on any atom is -0.280 e.